The second-order valence-corrected chi connectivity index (χ2v) is 5.81. The van der Waals surface area contributed by atoms with Gasteiger partial charge in [-0.15, -0.1) is 0 Å². The maximum absolute atomic E-state index is 12.3. The number of amides is 1. The van der Waals surface area contributed by atoms with E-state index in [9.17, 15) is 4.79 Å². The lowest BCUT2D eigenvalue weighted by Crippen LogP contribution is -2.22. The second kappa shape index (κ2) is 6.45. The number of nitrogens with one attached hydrogen (secondary N) is 1. The number of nitrogens with zero attached hydrogens (tertiary/aromatic N) is 1. The molecule has 0 spiro atoms. The van der Waals surface area contributed by atoms with Gasteiger partial charge in [0, 0.05) is 5.56 Å². The van der Waals surface area contributed by atoms with Crippen LogP contribution >= 0.6 is 11.6 Å². The fourth-order valence-electron chi connectivity index (χ4n) is 2.50. The van der Waals surface area contributed by atoms with Gasteiger partial charge in [0.1, 0.15) is 11.3 Å². The summed E-state index contributed by atoms with van der Waals surface area (Å²) >= 11 is 6.15. The minimum absolute atomic E-state index is 0.176. The molecule has 0 atom stereocenters. The summed E-state index contributed by atoms with van der Waals surface area (Å²) in [5.41, 5.74) is 2.18. The van der Waals surface area contributed by atoms with E-state index in [0.717, 1.165) is 11.1 Å². The Morgan fingerprint density at radius 2 is 1.80 bits per heavy atom. The van der Waals surface area contributed by atoms with Crippen molar-refractivity contribution in [2.75, 3.05) is 0 Å². The Labute approximate surface area is 148 Å². The molecule has 0 aliphatic heterocycles. The number of aromatic nitrogens is 1. The molecule has 0 fully saturated rings. The molecule has 0 radical (unpaired) electrons. The van der Waals surface area contributed by atoms with E-state index in [1.54, 1.807) is 18.2 Å². The average Bonchev–Trinajstić information content (AvgIpc) is 3.27. The Bertz CT molecular complexity index is 1020. The predicted octanol–water partition coefficient (Wildman–Crippen LogP) is 4.67. The highest BCUT2D eigenvalue weighted by Gasteiger charge is 2.14. The molecule has 25 heavy (non-hydrogen) atoms. The van der Waals surface area contributed by atoms with Crippen molar-refractivity contribution in [3.05, 3.63) is 77.3 Å². The molecular formula is C19H13ClN2O3. The van der Waals surface area contributed by atoms with Gasteiger partial charge in [0.25, 0.3) is 5.91 Å². The van der Waals surface area contributed by atoms with Gasteiger partial charge < -0.3 is 14.2 Å². The molecule has 0 unspecified atom stereocenters. The third-order valence-corrected chi connectivity index (χ3v) is 4.04. The number of hydrogen-bond donors (Lipinski definition) is 1. The molecule has 0 saturated heterocycles. The summed E-state index contributed by atoms with van der Waals surface area (Å²) in [4.78, 5) is 16.6. The predicted molar refractivity (Wildman–Crippen MR) is 94.3 cm³/mol. The van der Waals surface area contributed by atoms with Gasteiger partial charge in [0.15, 0.2) is 11.3 Å². The fourth-order valence-corrected chi connectivity index (χ4v) is 2.73. The number of furan rings is 1. The van der Waals surface area contributed by atoms with Gasteiger partial charge in [0.05, 0.1) is 11.6 Å². The van der Waals surface area contributed by atoms with E-state index in [2.05, 4.69) is 10.3 Å². The van der Waals surface area contributed by atoms with Crippen molar-refractivity contribution in [1.82, 2.24) is 10.3 Å². The number of carbonyl (C=O) groups is 1. The third kappa shape index (κ3) is 3.14. The van der Waals surface area contributed by atoms with Crippen LogP contribution in [0.4, 0.5) is 0 Å². The zero-order valence-corrected chi connectivity index (χ0v) is 13.8. The van der Waals surface area contributed by atoms with Crippen LogP contribution in [-0.4, -0.2) is 10.9 Å². The quantitative estimate of drug-likeness (QED) is 0.579. The van der Waals surface area contributed by atoms with E-state index in [1.165, 1.54) is 0 Å². The van der Waals surface area contributed by atoms with E-state index >= 15 is 0 Å². The SMILES string of the molecule is O=C(NCc1nc2ccccc2o1)c1ccc(-c2ccccc2Cl)o1. The summed E-state index contributed by atoms with van der Waals surface area (Å²) in [6.07, 6.45) is 0. The van der Waals surface area contributed by atoms with Gasteiger partial charge >= 0.3 is 0 Å². The molecule has 5 nitrogen and oxygen atoms in total. The number of para-hydroxylation sites is 2. The molecule has 4 aromatic rings. The van der Waals surface area contributed by atoms with Crippen molar-refractivity contribution in [2.24, 2.45) is 0 Å². The van der Waals surface area contributed by atoms with Gasteiger partial charge in [0.2, 0.25) is 5.89 Å². The van der Waals surface area contributed by atoms with Gasteiger partial charge in [-0.05, 0) is 36.4 Å². The van der Waals surface area contributed by atoms with Crippen LogP contribution in [0.1, 0.15) is 16.4 Å². The van der Waals surface area contributed by atoms with Crippen molar-refractivity contribution < 1.29 is 13.6 Å². The van der Waals surface area contributed by atoms with Gasteiger partial charge in [-0.2, -0.15) is 0 Å². The van der Waals surface area contributed by atoms with Crippen molar-refractivity contribution >= 4 is 28.6 Å². The first-order chi connectivity index (χ1) is 12.2. The number of oxazole rings is 1. The Kier molecular flexibility index (Phi) is 3.99. The van der Waals surface area contributed by atoms with Crippen molar-refractivity contribution in [3.8, 4) is 11.3 Å². The third-order valence-electron chi connectivity index (χ3n) is 3.71. The maximum Gasteiger partial charge on any atom is 0.287 e. The summed E-state index contributed by atoms with van der Waals surface area (Å²) in [6, 6.07) is 18.1. The standard InChI is InChI=1S/C19H13ClN2O3/c20-13-6-2-1-5-12(13)15-9-10-17(24-15)19(23)21-11-18-22-14-7-3-4-8-16(14)25-18/h1-10H,11H2,(H,21,23). The van der Waals surface area contributed by atoms with E-state index in [4.69, 9.17) is 20.4 Å². The Morgan fingerprint density at radius 3 is 2.64 bits per heavy atom. The van der Waals surface area contributed by atoms with Gasteiger partial charge in [-0.1, -0.05) is 35.9 Å². The number of hydrogen-bond acceptors (Lipinski definition) is 4. The summed E-state index contributed by atoms with van der Waals surface area (Å²) in [5, 5.41) is 3.30. The lowest BCUT2D eigenvalue weighted by atomic mass is 10.2. The summed E-state index contributed by atoms with van der Waals surface area (Å²) in [7, 11) is 0. The topological polar surface area (TPSA) is 68.3 Å². The number of benzene rings is 2. The minimum atomic E-state index is -0.347. The molecule has 1 amide bonds. The molecule has 1 N–H and O–H groups in total. The zero-order chi connectivity index (χ0) is 17.2. The van der Waals surface area contributed by atoms with Gasteiger partial charge in [-0.25, -0.2) is 4.98 Å². The number of carbonyl (C=O) groups excluding carboxylic acids is 1. The minimum Gasteiger partial charge on any atom is -0.451 e. The van der Waals surface area contributed by atoms with E-state index in [0.29, 0.717) is 22.3 Å². The van der Waals surface area contributed by atoms with Gasteiger partial charge in [-0.3, -0.25) is 4.79 Å². The van der Waals surface area contributed by atoms with E-state index in [1.807, 2.05) is 42.5 Å². The van der Waals surface area contributed by atoms with Crippen LogP contribution in [-0.2, 0) is 6.54 Å². The lowest BCUT2D eigenvalue weighted by molar-refractivity contribution is 0.0920. The average molecular weight is 353 g/mol. The molecule has 0 bridgehead atoms. The zero-order valence-electron chi connectivity index (χ0n) is 13.0. The smallest absolute Gasteiger partial charge is 0.287 e. The molecule has 0 saturated carbocycles. The molecule has 2 aromatic carbocycles. The molecule has 2 aromatic heterocycles. The van der Waals surface area contributed by atoms with Crippen molar-refractivity contribution in [3.63, 3.8) is 0 Å². The maximum atomic E-state index is 12.3. The van der Waals surface area contributed by atoms with Crippen LogP contribution in [0.2, 0.25) is 5.02 Å². The second-order valence-electron chi connectivity index (χ2n) is 5.40. The van der Waals surface area contributed by atoms with Crippen LogP contribution < -0.4 is 5.32 Å². The summed E-state index contributed by atoms with van der Waals surface area (Å²) < 4.78 is 11.2. The lowest BCUT2D eigenvalue weighted by Gasteiger charge is -2.01. The highest BCUT2D eigenvalue weighted by Crippen LogP contribution is 2.29. The molecule has 0 aliphatic rings. The Morgan fingerprint density at radius 1 is 1.00 bits per heavy atom. The highest BCUT2D eigenvalue weighted by molar-refractivity contribution is 6.33. The number of fused-ring (bicyclic) bond motifs is 1. The van der Waals surface area contributed by atoms with Crippen LogP contribution in [0.5, 0.6) is 0 Å². The Hall–Kier alpha value is -3.05. The first kappa shape index (κ1) is 15.5. The normalized spacial score (nSPS) is 10.9. The monoisotopic (exact) mass is 352 g/mol. The highest BCUT2D eigenvalue weighted by atomic mass is 35.5. The van der Waals surface area contributed by atoms with Crippen LogP contribution in [0, 0.1) is 0 Å². The first-order valence-corrected chi connectivity index (χ1v) is 8.06. The Balaban J connectivity index is 1.47. The van der Waals surface area contributed by atoms with Crippen molar-refractivity contribution in [1.29, 1.82) is 0 Å². The summed E-state index contributed by atoms with van der Waals surface area (Å²) in [5.74, 6) is 0.830. The van der Waals surface area contributed by atoms with Crippen LogP contribution in [0.15, 0.2) is 69.5 Å². The molecule has 2 heterocycles. The number of rotatable bonds is 4. The first-order valence-electron chi connectivity index (χ1n) is 7.68. The van der Waals surface area contributed by atoms with E-state index < -0.39 is 0 Å². The largest absolute Gasteiger partial charge is 0.451 e. The van der Waals surface area contributed by atoms with E-state index in [-0.39, 0.29) is 18.2 Å². The van der Waals surface area contributed by atoms with Crippen LogP contribution in [0.25, 0.3) is 22.4 Å². The molecule has 124 valence electrons. The molecule has 0 aliphatic carbocycles. The molecular weight excluding hydrogens is 340 g/mol. The fraction of sp³-hybridized carbons (Fsp3) is 0.0526. The van der Waals surface area contributed by atoms with Crippen molar-refractivity contribution in [2.45, 2.75) is 6.54 Å². The number of halogens is 1. The van der Waals surface area contributed by atoms with Crippen LogP contribution in [0.3, 0.4) is 0 Å². The molecule has 6 heteroatoms. The molecule has 4 rings (SSSR count). The summed E-state index contributed by atoms with van der Waals surface area (Å²) in [6.45, 7) is 0.176.